The molecular weight excluding hydrogens is 314 g/mol. The van der Waals surface area contributed by atoms with Crippen LogP contribution in [0.1, 0.15) is 11.1 Å². The van der Waals surface area contributed by atoms with Gasteiger partial charge in [-0.3, -0.25) is 15.1 Å². The predicted molar refractivity (Wildman–Crippen MR) is 95.8 cm³/mol. The van der Waals surface area contributed by atoms with Gasteiger partial charge in [-0.2, -0.15) is 0 Å². The minimum atomic E-state index is -0.379. The third-order valence-electron chi connectivity index (χ3n) is 4.48. The van der Waals surface area contributed by atoms with Crippen molar-refractivity contribution in [3.8, 4) is 0 Å². The molecule has 0 amide bonds. The quantitative estimate of drug-likeness (QED) is 0.402. The normalized spacial score (nSPS) is 18.1. The first kappa shape index (κ1) is 15.2. The summed E-state index contributed by atoms with van der Waals surface area (Å²) in [5, 5.41) is 10.9. The number of hydrogen-bond acceptors (Lipinski definition) is 3. The maximum absolute atomic E-state index is 10.9. The summed E-state index contributed by atoms with van der Waals surface area (Å²) < 4.78 is 0.483. The molecule has 0 saturated carbocycles. The fourth-order valence-corrected chi connectivity index (χ4v) is 3.25. The second kappa shape index (κ2) is 5.96. The SMILES string of the molecule is O=[N+]([O-])c1ccc(C[N+]2(c3ccncc3)C=[C]c3ccccc32)cc1. The Bertz CT molecular complexity index is 952. The molecule has 25 heavy (non-hydrogen) atoms. The molecule has 0 aliphatic carbocycles. The second-order valence-corrected chi connectivity index (χ2v) is 5.95. The Hall–Kier alpha value is -3.31. The van der Waals surface area contributed by atoms with Crippen LogP contribution in [0.15, 0.2) is 79.3 Å². The number of benzene rings is 2. The van der Waals surface area contributed by atoms with Gasteiger partial charge in [-0.25, -0.2) is 4.48 Å². The minimum absolute atomic E-state index is 0.100. The van der Waals surface area contributed by atoms with Gasteiger partial charge in [0.25, 0.3) is 5.69 Å². The molecule has 5 nitrogen and oxygen atoms in total. The van der Waals surface area contributed by atoms with E-state index in [-0.39, 0.29) is 10.6 Å². The van der Waals surface area contributed by atoms with Gasteiger partial charge in [0.05, 0.1) is 11.0 Å². The number of nitro groups is 1. The van der Waals surface area contributed by atoms with Crippen LogP contribution in [0.25, 0.3) is 0 Å². The third-order valence-corrected chi connectivity index (χ3v) is 4.48. The van der Waals surface area contributed by atoms with E-state index in [4.69, 9.17) is 0 Å². The largest absolute Gasteiger partial charge is 0.269 e. The van der Waals surface area contributed by atoms with Crippen LogP contribution in [0, 0.1) is 16.2 Å². The lowest BCUT2D eigenvalue weighted by molar-refractivity contribution is -0.384. The van der Waals surface area contributed by atoms with Gasteiger partial charge in [0, 0.05) is 53.9 Å². The van der Waals surface area contributed by atoms with Crippen molar-refractivity contribution >= 4 is 17.1 Å². The number of quaternary nitrogens is 1. The van der Waals surface area contributed by atoms with Crippen LogP contribution in [0.2, 0.25) is 0 Å². The molecule has 0 N–H and O–H groups in total. The van der Waals surface area contributed by atoms with Gasteiger partial charge in [0.2, 0.25) is 0 Å². The fourth-order valence-electron chi connectivity index (χ4n) is 3.25. The molecule has 1 aliphatic rings. The average Bonchev–Trinajstić information content (AvgIpc) is 3.03. The molecule has 0 saturated heterocycles. The molecule has 0 bridgehead atoms. The van der Waals surface area contributed by atoms with Crippen molar-refractivity contribution in [1.29, 1.82) is 0 Å². The summed E-state index contributed by atoms with van der Waals surface area (Å²) in [4.78, 5) is 14.6. The lowest BCUT2D eigenvalue weighted by Crippen LogP contribution is -2.36. The van der Waals surface area contributed by atoms with E-state index in [2.05, 4.69) is 17.1 Å². The van der Waals surface area contributed by atoms with E-state index >= 15 is 0 Å². The van der Waals surface area contributed by atoms with E-state index < -0.39 is 0 Å². The Kier molecular flexibility index (Phi) is 3.63. The van der Waals surface area contributed by atoms with Crippen molar-refractivity contribution in [3.05, 3.63) is 107 Å². The van der Waals surface area contributed by atoms with Crippen LogP contribution in [-0.4, -0.2) is 9.91 Å². The lowest BCUT2D eigenvalue weighted by atomic mass is 10.1. The highest BCUT2D eigenvalue weighted by atomic mass is 16.6. The number of aromatic nitrogens is 1. The second-order valence-electron chi connectivity index (χ2n) is 5.95. The minimum Gasteiger partial charge on any atom is -0.264 e. The first-order valence-electron chi connectivity index (χ1n) is 7.91. The van der Waals surface area contributed by atoms with Crippen LogP contribution in [0.5, 0.6) is 0 Å². The Morgan fingerprint density at radius 3 is 2.44 bits per heavy atom. The summed E-state index contributed by atoms with van der Waals surface area (Å²) in [5.41, 5.74) is 4.37. The summed E-state index contributed by atoms with van der Waals surface area (Å²) in [7, 11) is 0. The monoisotopic (exact) mass is 329 g/mol. The number of fused-ring (bicyclic) bond motifs is 1. The fraction of sp³-hybridized carbons (Fsp3) is 0.0500. The molecule has 4 rings (SSSR count). The van der Waals surface area contributed by atoms with Crippen LogP contribution >= 0.6 is 0 Å². The topological polar surface area (TPSA) is 56.0 Å². The smallest absolute Gasteiger partial charge is 0.264 e. The van der Waals surface area contributed by atoms with Crippen molar-refractivity contribution in [2.75, 3.05) is 0 Å². The highest BCUT2D eigenvalue weighted by Gasteiger charge is 2.37. The molecule has 121 valence electrons. The Morgan fingerprint density at radius 1 is 1.00 bits per heavy atom. The van der Waals surface area contributed by atoms with E-state index in [0.717, 1.165) is 22.5 Å². The molecule has 0 spiro atoms. The zero-order chi connectivity index (χ0) is 17.3. The highest BCUT2D eigenvalue weighted by molar-refractivity contribution is 5.69. The number of nitrogens with zero attached hydrogens (tertiary/aromatic N) is 3. The van der Waals surface area contributed by atoms with Gasteiger partial charge in [0.15, 0.2) is 5.69 Å². The van der Waals surface area contributed by atoms with Crippen molar-refractivity contribution in [3.63, 3.8) is 0 Å². The number of hydrogen-bond donors (Lipinski definition) is 0. The van der Waals surface area contributed by atoms with Crippen molar-refractivity contribution in [1.82, 2.24) is 9.47 Å². The summed E-state index contributed by atoms with van der Waals surface area (Å²) in [5.74, 6) is 0. The van der Waals surface area contributed by atoms with E-state index in [1.165, 1.54) is 0 Å². The molecule has 1 radical (unpaired) electrons. The van der Waals surface area contributed by atoms with E-state index in [0.29, 0.717) is 11.0 Å². The molecule has 0 fully saturated rings. The summed E-state index contributed by atoms with van der Waals surface area (Å²) in [6.07, 6.45) is 8.96. The van der Waals surface area contributed by atoms with Gasteiger partial charge >= 0.3 is 0 Å². The van der Waals surface area contributed by atoms with Crippen molar-refractivity contribution in [2.45, 2.75) is 6.54 Å². The predicted octanol–water partition coefficient (Wildman–Crippen LogP) is 4.51. The van der Waals surface area contributed by atoms with Crippen molar-refractivity contribution in [2.24, 2.45) is 0 Å². The molecule has 3 aromatic rings. The third kappa shape index (κ3) is 2.60. The first-order chi connectivity index (χ1) is 12.2. The van der Waals surface area contributed by atoms with Crippen LogP contribution < -0.4 is 4.48 Å². The molecule has 2 heterocycles. The maximum atomic E-state index is 10.9. The Morgan fingerprint density at radius 2 is 1.72 bits per heavy atom. The van der Waals surface area contributed by atoms with Gasteiger partial charge in [-0.05, 0) is 18.2 Å². The highest BCUT2D eigenvalue weighted by Crippen LogP contribution is 2.43. The van der Waals surface area contributed by atoms with E-state index in [1.807, 2.05) is 48.7 Å². The number of rotatable bonds is 4. The van der Waals surface area contributed by atoms with Crippen LogP contribution in [0.4, 0.5) is 17.1 Å². The van der Waals surface area contributed by atoms with E-state index in [9.17, 15) is 10.1 Å². The molecule has 1 aliphatic heterocycles. The summed E-state index contributed by atoms with van der Waals surface area (Å²) >= 11 is 0. The zero-order valence-corrected chi connectivity index (χ0v) is 13.4. The first-order valence-corrected chi connectivity index (χ1v) is 7.91. The molecule has 1 unspecified atom stereocenters. The van der Waals surface area contributed by atoms with Gasteiger partial charge in [0.1, 0.15) is 18.4 Å². The zero-order valence-electron chi connectivity index (χ0n) is 13.4. The standard InChI is InChI=1S/C20H15N3O2/c24-22(25)18-7-5-16(6-8-18)15-23(19-9-12-21-13-10-19)14-11-17-3-1-2-4-20(17)23/h1-10,12-14H,15H2/q+1. The Labute approximate surface area is 145 Å². The lowest BCUT2D eigenvalue weighted by Gasteiger charge is -2.32. The molecule has 5 heteroatoms. The summed E-state index contributed by atoms with van der Waals surface area (Å²) in [6.45, 7) is 0.645. The maximum Gasteiger partial charge on any atom is 0.269 e. The molecular formula is C20H15N3O2+. The van der Waals surface area contributed by atoms with Gasteiger partial charge in [-0.15, -0.1) is 0 Å². The van der Waals surface area contributed by atoms with Crippen LogP contribution in [-0.2, 0) is 6.54 Å². The Balaban J connectivity index is 1.81. The van der Waals surface area contributed by atoms with Gasteiger partial charge < -0.3 is 0 Å². The molecule has 1 atom stereocenters. The summed E-state index contributed by atoms with van der Waals surface area (Å²) in [6, 6.07) is 18.9. The number of non-ortho nitro benzene ring substituents is 1. The van der Waals surface area contributed by atoms with Crippen molar-refractivity contribution < 1.29 is 4.92 Å². The molecule has 2 aromatic carbocycles. The molecule has 1 aromatic heterocycles. The number of para-hydroxylation sites is 1. The number of nitro benzene ring substituents is 1. The van der Waals surface area contributed by atoms with E-state index in [1.54, 1.807) is 24.5 Å². The van der Waals surface area contributed by atoms with Crippen LogP contribution in [0.3, 0.4) is 0 Å². The van der Waals surface area contributed by atoms with Gasteiger partial charge in [-0.1, -0.05) is 12.1 Å². The average molecular weight is 329 g/mol. The number of pyridine rings is 1.